The predicted octanol–water partition coefficient (Wildman–Crippen LogP) is 2.99. The van der Waals surface area contributed by atoms with Gasteiger partial charge in [0.25, 0.3) is 5.91 Å². The van der Waals surface area contributed by atoms with Crippen molar-refractivity contribution in [3.63, 3.8) is 0 Å². The van der Waals surface area contributed by atoms with E-state index in [1.54, 1.807) is 24.3 Å². The number of carbonyl (C=O) groups is 1. The van der Waals surface area contributed by atoms with Gasteiger partial charge in [0, 0.05) is 19.8 Å². The van der Waals surface area contributed by atoms with Gasteiger partial charge in [-0.15, -0.1) is 0 Å². The maximum absolute atomic E-state index is 12.2. The minimum Gasteiger partial charge on any atom is -0.484 e. The molecule has 0 saturated carbocycles. The van der Waals surface area contributed by atoms with Crippen molar-refractivity contribution < 1.29 is 22.7 Å². The number of amides is 1. The van der Waals surface area contributed by atoms with E-state index in [1.165, 1.54) is 25.4 Å². The lowest BCUT2D eigenvalue weighted by molar-refractivity contribution is -0.153. The third kappa shape index (κ3) is 5.15. The lowest BCUT2D eigenvalue weighted by atomic mass is 10.2. The van der Waals surface area contributed by atoms with Gasteiger partial charge in [-0.3, -0.25) is 4.79 Å². The zero-order valence-corrected chi connectivity index (χ0v) is 12.9. The molecule has 5 nitrogen and oxygen atoms in total. The molecule has 0 spiro atoms. The number of hydrogen-bond acceptors (Lipinski definition) is 4. The summed E-state index contributed by atoms with van der Waals surface area (Å²) in [7, 11) is 1.51. The summed E-state index contributed by atoms with van der Waals surface area (Å²) in [4.78, 5) is 15.9. The largest absolute Gasteiger partial charge is 0.484 e. The second kappa shape index (κ2) is 7.67. The molecular formula is C16H16F3N3O2. The molecule has 24 heavy (non-hydrogen) atoms. The summed E-state index contributed by atoms with van der Waals surface area (Å²) >= 11 is 0. The first-order valence-corrected chi connectivity index (χ1v) is 7.08. The molecule has 8 heteroatoms. The number of rotatable bonds is 6. The van der Waals surface area contributed by atoms with Gasteiger partial charge < -0.3 is 15.4 Å². The van der Waals surface area contributed by atoms with Crippen LogP contribution in [0.1, 0.15) is 15.9 Å². The first kappa shape index (κ1) is 17.6. The molecule has 0 atom stereocenters. The van der Waals surface area contributed by atoms with Gasteiger partial charge in [0.2, 0.25) is 0 Å². The van der Waals surface area contributed by atoms with Gasteiger partial charge in [-0.05, 0) is 29.8 Å². The van der Waals surface area contributed by atoms with Crippen molar-refractivity contribution >= 4 is 11.7 Å². The van der Waals surface area contributed by atoms with Gasteiger partial charge in [0.05, 0.1) is 5.56 Å². The van der Waals surface area contributed by atoms with Crippen LogP contribution in [0.25, 0.3) is 0 Å². The molecule has 0 saturated heterocycles. The highest BCUT2D eigenvalue weighted by Crippen LogP contribution is 2.20. The Morgan fingerprint density at radius 3 is 2.75 bits per heavy atom. The molecule has 0 radical (unpaired) electrons. The number of hydrogen-bond donors (Lipinski definition) is 2. The fourth-order valence-electron chi connectivity index (χ4n) is 1.96. The maximum atomic E-state index is 12.2. The molecule has 0 aliphatic rings. The van der Waals surface area contributed by atoms with Gasteiger partial charge >= 0.3 is 6.18 Å². The minimum absolute atomic E-state index is 0.124. The Balaban J connectivity index is 2.04. The van der Waals surface area contributed by atoms with Crippen molar-refractivity contribution in [3.8, 4) is 5.75 Å². The van der Waals surface area contributed by atoms with E-state index in [4.69, 9.17) is 4.74 Å². The fraction of sp³-hybridized carbons (Fsp3) is 0.250. The smallest absolute Gasteiger partial charge is 0.422 e. The van der Waals surface area contributed by atoms with Crippen LogP contribution < -0.4 is 15.4 Å². The number of nitrogens with one attached hydrogen (secondary N) is 2. The summed E-state index contributed by atoms with van der Waals surface area (Å²) in [6.07, 6.45) is -2.84. The number of halogens is 3. The Bertz CT molecular complexity index is 705. The molecule has 1 heterocycles. The van der Waals surface area contributed by atoms with Gasteiger partial charge in [-0.25, -0.2) is 4.98 Å². The van der Waals surface area contributed by atoms with Crippen LogP contribution in [0.5, 0.6) is 5.75 Å². The Morgan fingerprint density at radius 1 is 1.25 bits per heavy atom. The van der Waals surface area contributed by atoms with Crippen molar-refractivity contribution in [3.05, 3.63) is 53.7 Å². The van der Waals surface area contributed by atoms with E-state index in [0.717, 1.165) is 0 Å². The number of benzene rings is 1. The normalized spacial score (nSPS) is 11.0. The molecule has 0 bridgehead atoms. The third-order valence-corrected chi connectivity index (χ3v) is 3.04. The van der Waals surface area contributed by atoms with Crippen molar-refractivity contribution in [2.45, 2.75) is 12.7 Å². The molecule has 128 valence electrons. The zero-order valence-electron chi connectivity index (χ0n) is 12.9. The van der Waals surface area contributed by atoms with E-state index in [-0.39, 0.29) is 18.2 Å². The second-order valence-electron chi connectivity index (χ2n) is 4.88. The van der Waals surface area contributed by atoms with Crippen LogP contribution in [-0.2, 0) is 6.54 Å². The number of carbonyl (C=O) groups excluding carboxylic acids is 1. The van der Waals surface area contributed by atoms with E-state index in [1.807, 2.05) is 0 Å². The van der Waals surface area contributed by atoms with Gasteiger partial charge in [0.1, 0.15) is 11.6 Å². The minimum atomic E-state index is -4.38. The molecule has 0 fully saturated rings. The van der Waals surface area contributed by atoms with Crippen molar-refractivity contribution in [2.24, 2.45) is 0 Å². The van der Waals surface area contributed by atoms with Crippen molar-refractivity contribution in [1.82, 2.24) is 10.3 Å². The highest BCUT2D eigenvalue weighted by molar-refractivity contribution is 5.98. The van der Waals surface area contributed by atoms with E-state index < -0.39 is 12.8 Å². The average molecular weight is 339 g/mol. The quantitative estimate of drug-likeness (QED) is 0.849. The molecule has 1 aromatic carbocycles. The Kier molecular flexibility index (Phi) is 5.62. The molecule has 0 aliphatic carbocycles. The van der Waals surface area contributed by atoms with E-state index >= 15 is 0 Å². The molecular weight excluding hydrogens is 323 g/mol. The van der Waals surface area contributed by atoms with Crippen LogP contribution in [-0.4, -0.2) is 30.7 Å². The number of nitrogens with zero attached hydrogens (tertiary/aromatic N) is 1. The summed E-state index contributed by atoms with van der Waals surface area (Å²) in [6, 6.07) is 9.54. The Morgan fingerprint density at radius 2 is 2.04 bits per heavy atom. The van der Waals surface area contributed by atoms with E-state index in [9.17, 15) is 18.0 Å². The lowest BCUT2D eigenvalue weighted by Crippen LogP contribution is -2.20. The maximum Gasteiger partial charge on any atom is 0.422 e. The summed E-state index contributed by atoms with van der Waals surface area (Å²) in [6.45, 7) is -1.06. The number of pyridine rings is 1. The number of ether oxygens (including phenoxy) is 1. The summed E-state index contributed by atoms with van der Waals surface area (Å²) in [5.74, 6) is 0.227. The molecule has 2 N–H and O–H groups in total. The Hall–Kier alpha value is -2.77. The zero-order chi connectivity index (χ0) is 17.6. The molecule has 2 aromatic rings. The Labute approximate surface area is 136 Å². The molecule has 1 aromatic heterocycles. The van der Waals surface area contributed by atoms with Gasteiger partial charge in [-0.2, -0.15) is 13.2 Å². The standard InChI is InChI=1S/C16H16F3N3O2/c1-20-15(23)13-6-3-7-21-14(13)22-9-11-4-2-5-12(8-11)24-10-16(17,18)19/h2-8H,9-10H2,1H3,(H,20,23)(H,21,22). The highest BCUT2D eigenvalue weighted by atomic mass is 19.4. The predicted molar refractivity (Wildman–Crippen MR) is 82.9 cm³/mol. The van der Waals surface area contributed by atoms with Crippen LogP contribution in [0.4, 0.5) is 19.0 Å². The summed E-state index contributed by atoms with van der Waals surface area (Å²) in [5.41, 5.74) is 1.08. The monoisotopic (exact) mass is 339 g/mol. The molecule has 2 rings (SSSR count). The van der Waals surface area contributed by atoms with Crippen LogP contribution in [0.3, 0.4) is 0 Å². The number of alkyl halides is 3. The first-order chi connectivity index (χ1) is 11.4. The molecule has 0 aliphatic heterocycles. The van der Waals surface area contributed by atoms with Crippen LogP contribution >= 0.6 is 0 Å². The van der Waals surface area contributed by atoms with Crippen LogP contribution in [0, 0.1) is 0 Å². The number of anilines is 1. The van der Waals surface area contributed by atoms with Crippen LogP contribution in [0.15, 0.2) is 42.6 Å². The highest BCUT2D eigenvalue weighted by Gasteiger charge is 2.28. The first-order valence-electron chi connectivity index (χ1n) is 7.08. The van der Waals surface area contributed by atoms with Crippen molar-refractivity contribution in [1.29, 1.82) is 0 Å². The molecule has 0 unspecified atom stereocenters. The topological polar surface area (TPSA) is 63.2 Å². The number of aromatic nitrogens is 1. The fourth-order valence-corrected chi connectivity index (χ4v) is 1.96. The summed E-state index contributed by atoms with van der Waals surface area (Å²) in [5, 5.41) is 5.51. The third-order valence-electron chi connectivity index (χ3n) is 3.04. The lowest BCUT2D eigenvalue weighted by Gasteiger charge is -2.12. The van der Waals surface area contributed by atoms with Gasteiger partial charge in [0.15, 0.2) is 6.61 Å². The SMILES string of the molecule is CNC(=O)c1cccnc1NCc1cccc(OCC(F)(F)F)c1. The van der Waals surface area contributed by atoms with Gasteiger partial charge in [-0.1, -0.05) is 12.1 Å². The second-order valence-corrected chi connectivity index (χ2v) is 4.88. The van der Waals surface area contributed by atoms with E-state index in [2.05, 4.69) is 15.6 Å². The van der Waals surface area contributed by atoms with Crippen LogP contribution in [0.2, 0.25) is 0 Å². The molecule has 1 amide bonds. The van der Waals surface area contributed by atoms with Crippen molar-refractivity contribution in [2.75, 3.05) is 19.0 Å². The summed E-state index contributed by atoms with van der Waals surface area (Å²) < 4.78 is 41.3. The average Bonchev–Trinajstić information content (AvgIpc) is 2.57. The van der Waals surface area contributed by atoms with E-state index in [0.29, 0.717) is 16.9 Å².